The van der Waals surface area contributed by atoms with Crippen molar-refractivity contribution in [2.45, 2.75) is 0 Å². The molecule has 4 aromatic rings. The molecule has 0 N–H and O–H groups in total. The van der Waals surface area contributed by atoms with Gasteiger partial charge in [0, 0.05) is 10.6 Å². The highest BCUT2D eigenvalue weighted by Crippen LogP contribution is 2.40. The summed E-state index contributed by atoms with van der Waals surface area (Å²) in [6.07, 6.45) is 0. The van der Waals surface area contributed by atoms with Gasteiger partial charge in [0.15, 0.2) is 5.06 Å². The Balaban J connectivity index is 1.89. The Hall–Kier alpha value is -4.09. The van der Waals surface area contributed by atoms with E-state index in [-0.39, 0.29) is 11.1 Å². The van der Waals surface area contributed by atoms with Gasteiger partial charge in [0.05, 0.1) is 33.8 Å². The van der Waals surface area contributed by atoms with Crippen molar-refractivity contribution in [3.8, 4) is 50.1 Å². The molecule has 0 amide bonds. The van der Waals surface area contributed by atoms with Gasteiger partial charge >= 0.3 is 0 Å². The average molecular weight is 439 g/mol. The van der Waals surface area contributed by atoms with Crippen LogP contribution in [0.15, 0.2) is 72.3 Å². The Morgan fingerprint density at radius 3 is 2.00 bits per heavy atom. The molecule has 0 unspecified atom stereocenters. The minimum atomic E-state index is -0.180. The first-order valence-corrected chi connectivity index (χ1v) is 10.8. The summed E-state index contributed by atoms with van der Waals surface area (Å²) in [4.78, 5) is 2.59. The number of hydrogen-bond acceptors (Lipinski definition) is 6. The third-order valence-corrected chi connectivity index (χ3v) is 6.81. The lowest BCUT2D eigenvalue weighted by molar-refractivity contribution is 0.427. The standard InChI is InChI=1S/C24H14N4OS2/c1-29-24-12-11-23(31-24)20-8-7-19(28(20)17-5-3-2-4-6-17)22-10-9-21(30-22)18(15-27)16(13-25)14-26/h2-12H,1H3. The molecule has 0 aliphatic carbocycles. The van der Waals surface area contributed by atoms with Gasteiger partial charge in [-0.1, -0.05) is 29.5 Å². The van der Waals surface area contributed by atoms with E-state index in [2.05, 4.69) is 10.6 Å². The smallest absolute Gasteiger partial charge is 0.173 e. The Morgan fingerprint density at radius 1 is 0.774 bits per heavy atom. The van der Waals surface area contributed by atoms with Crippen molar-refractivity contribution in [3.05, 3.63) is 77.2 Å². The molecule has 0 fully saturated rings. The first-order chi connectivity index (χ1) is 15.2. The van der Waals surface area contributed by atoms with Crippen LogP contribution in [-0.4, -0.2) is 11.7 Å². The molecule has 4 rings (SSSR count). The second-order valence-electron chi connectivity index (χ2n) is 6.35. The summed E-state index contributed by atoms with van der Waals surface area (Å²) in [5.41, 5.74) is 2.90. The van der Waals surface area contributed by atoms with Crippen LogP contribution in [0.25, 0.3) is 32.4 Å². The van der Waals surface area contributed by atoms with Crippen LogP contribution in [0.4, 0.5) is 0 Å². The number of nitriles is 3. The number of hydrogen-bond donors (Lipinski definition) is 0. The molecule has 0 atom stereocenters. The molecular formula is C24H14N4OS2. The number of allylic oxidation sites excluding steroid dienone is 2. The summed E-state index contributed by atoms with van der Waals surface area (Å²) in [5.74, 6) is 0. The fourth-order valence-electron chi connectivity index (χ4n) is 3.23. The van der Waals surface area contributed by atoms with E-state index >= 15 is 0 Å². The van der Waals surface area contributed by atoms with Crippen LogP contribution >= 0.6 is 22.7 Å². The molecule has 31 heavy (non-hydrogen) atoms. The molecule has 1 aromatic carbocycles. The van der Waals surface area contributed by atoms with Crippen LogP contribution in [0.5, 0.6) is 5.06 Å². The van der Waals surface area contributed by atoms with Gasteiger partial charge in [0.1, 0.15) is 23.8 Å². The molecule has 0 saturated carbocycles. The van der Waals surface area contributed by atoms with E-state index in [0.717, 1.165) is 31.9 Å². The van der Waals surface area contributed by atoms with Gasteiger partial charge in [-0.25, -0.2) is 0 Å². The number of aromatic nitrogens is 1. The van der Waals surface area contributed by atoms with E-state index in [1.165, 1.54) is 11.3 Å². The number of nitrogens with zero attached hydrogens (tertiary/aromatic N) is 4. The lowest BCUT2D eigenvalue weighted by Gasteiger charge is -2.12. The molecule has 3 aromatic heterocycles. The third kappa shape index (κ3) is 3.74. The van der Waals surface area contributed by atoms with Gasteiger partial charge < -0.3 is 9.30 Å². The molecule has 5 nitrogen and oxygen atoms in total. The van der Waals surface area contributed by atoms with E-state index in [4.69, 9.17) is 15.3 Å². The molecule has 0 bridgehead atoms. The molecular weight excluding hydrogens is 424 g/mol. The highest BCUT2D eigenvalue weighted by molar-refractivity contribution is 7.17. The highest BCUT2D eigenvalue weighted by Gasteiger charge is 2.18. The number of methoxy groups -OCH3 is 1. The largest absolute Gasteiger partial charge is 0.487 e. The zero-order valence-corrected chi connectivity index (χ0v) is 18.0. The summed E-state index contributed by atoms with van der Waals surface area (Å²) in [5, 5.41) is 28.7. The lowest BCUT2D eigenvalue weighted by atomic mass is 10.1. The van der Waals surface area contributed by atoms with E-state index in [1.807, 2.05) is 72.8 Å². The van der Waals surface area contributed by atoms with Gasteiger partial charge in [-0.2, -0.15) is 15.8 Å². The van der Waals surface area contributed by atoms with Gasteiger partial charge in [-0.3, -0.25) is 0 Å². The van der Waals surface area contributed by atoms with Gasteiger partial charge in [0.2, 0.25) is 0 Å². The van der Waals surface area contributed by atoms with E-state index < -0.39 is 0 Å². The monoisotopic (exact) mass is 438 g/mol. The molecule has 0 aliphatic heterocycles. The first kappa shape index (κ1) is 20.2. The van der Waals surface area contributed by atoms with Gasteiger partial charge in [0.25, 0.3) is 0 Å². The average Bonchev–Trinajstić information content (AvgIpc) is 3.56. The predicted octanol–water partition coefficient (Wildman–Crippen LogP) is 6.27. The van der Waals surface area contributed by atoms with E-state index in [1.54, 1.807) is 24.5 Å². The maximum Gasteiger partial charge on any atom is 0.173 e. The molecule has 0 radical (unpaired) electrons. The van der Waals surface area contributed by atoms with Crippen LogP contribution in [0.3, 0.4) is 0 Å². The van der Waals surface area contributed by atoms with Crippen molar-refractivity contribution in [3.63, 3.8) is 0 Å². The normalized spacial score (nSPS) is 10.0. The minimum absolute atomic E-state index is 0.0993. The van der Waals surface area contributed by atoms with Crippen molar-refractivity contribution in [1.29, 1.82) is 15.8 Å². The molecule has 3 heterocycles. The fraction of sp³-hybridized carbons (Fsp3) is 0.0417. The molecule has 148 valence electrons. The van der Waals surface area contributed by atoms with Crippen LogP contribution in [0.2, 0.25) is 0 Å². The maximum atomic E-state index is 9.48. The quantitative estimate of drug-likeness (QED) is 0.344. The number of benzene rings is 1. The van der Waals surface area contributed by atoms with Crippen molar-refractivity contribution in [2.75, 3.05) is 7.11 Å². The fourth-order valence-corrected chi connectivity index (χ4v) is 5.08. The molecule has 0 aliphatic rings. The molecule has 7 heteroatoms. The number of ether oxygens (including phenoxy) is 1. The van der Waals surface area contributed by atoms with Crippen molar-refractivity contribution in [1.82, 2.24) is 4.57 Å². The van der Waals surface area contributed by atoms with E-state index in [0.29, 0.717) is 4.88 Å². The van der Waals surface area contributed by atoms with Crippen molar-refractivity contribution in [2.24, 2.45) is 0 Å². The maximum absolute atomic E-state index is 9.48. The first-order valence-electron chi connectivity index (χ1n) is 9.16. The second kappa shape index (κ2) is 8.73. The molecule has 0 spiro atoms. The Morgan fingerprint density at radius 2 is 1.42 bits per heavy atom. The lowest BCUT2D eigenvalue weighted by Crippen LogP contribution is -1.97. The predicted molar refractivity (Wildman–Crippen MR) is 123 cm³/mol. The second-order valence-corrected chi connectivity index (χ2v) is 8.48. The summed E-state index contributed by atoms with van der Waals surface area (Å²) in [6, 6.07) is 27.4. The van der Waals surface area contributed by atoms with Gasteiger partial charge in [-0.05, 0) is 48.5 Å². The van der Waals surface area contributed by atoms with Crippen LogP contribution in [0.1, 0.15) is 4.88 Å². The number of thiophene rings is 2. The van der Waals surface area contributed by atoms with E-state index in [9.17, 15) is 5.26 Å². The summed E-state index contributed by atoms with van der Waals surface area (Å²) >= 11 is 2.94. The number of para-hydroxylation sites is 1. The topological polar surface area (TPSA) is 85.5 Å². The summed E-state index contributed by atoms with van der Waals surface area (Å²) in [7, 11) is 1.65. The van der Waals surface area contributed by atoms with Crippen molar-refractivity contribution < 1.29 is 4.74 Å². The zero-order valence-electron chi connectivity index (χ0n) is 16.4. The molecule has 0 saturated heterocycles. The van der Waals surface area contributed by atoms with Crippen molar-refractivity contribution >= 4 is 28.2 Å². The zero-order chi connectivity index (χ0) is 21.8. The summed E-state index contributed by atoms with van der Waals surface area (Å²) in [6.45, 7) is 0. The van der Waals surface area contributed by atoms with Gasteiger partial charge in [-0.15, -0.1) is 11.3 Å². The minimum Gasteiger partial charge on any atom is -0.487 e. The van der Waals surface area contributed by atoms with Crippen LogP contribution in [-0.2, 0) is 0 Å². The highest BCUT2D eigenvalue weighted by atomic mass is 32.1. The Kier molecular flexibility index (Phi) is 5.69. The SMILES string of the molecule is COc1ccc(-c2ccc(-c3ccc(C(C#N)=C(C#N)C#N)s3)n2-c2ccccc2)s1. The van der Waals surface area contributed by atoms with Crippen LogP contribution < -0.4 is 4.74 Å². The Bertz CT molecular complexity index is 1390. The Labute approximate surface area is 187 Å². The summed E-state index contributed by atoms with van der Waals surface area (Å²) < 4.78 is 7.52. The number of rotatable bonds is 5. The van der Waals surface area contributed by atoms with Crippen LogP contribution in [0, 0.1) is 34.0 Å². The third-order valence-electron chi connectivity index (χ3n) is 4.62.